The van der Waals surface area contributed by atoms with E-state index >= 15 is 0 Å². The fraction of sp³-hybridized carbons (Fsp3) is 0.394. The van der Waals surface area contributed by atoms with Gasteiger partial charge in [0.05, 0.1) is 10.6 Å². The highest BCUT2D eigenvalue weighted by molar-refractivity contribution is 7.92. The molecule has 3 aromatic carbocycles. The minimum Gasteiger partial charge on any atom is -0.352 e. The molecular formula is C33H39Cl2N3O4S. The van der Waals surface area contributed by atoms with Gasteiger partial charge in [0, 0.05) is 22.6 Å². The van der Waals surface area contributed by atoms with E-state index in [-0.39, 0.29) is 23.4 Å². The van der Waals surface area contributed by atoms with E-state index in [1.54, 1.807) is 36.4 Å². The molecule has 10 heteroatoms. The number of carbonyl (C=O) groups is 2. The average Bonchev–Trinajstić information content (AvgIpc) is 2.99. The van der Waals surface area contributed by atoms with Crippen molar-refractivity contribution in [1.29, 1.82) is 0 Å². The van der Waals surface area contributed by atoms with Crippen molar-refractivity contribution in [2.24, 2.45) is 0 Å². The summed E-state index contributed by atoms with van der Waals surface area (Å²) in [5.74, 6) is -0.716. The van der Waals surface area contributed by atoms with E-state index in [4.69, 9.17) is 23.2 Å². The molecule has 1 aliphatic rings. The maximum atomic E-state index is 14.3. The topological polar surface area (TPSA) is 86.8 Å². The molecule has 0 unspecified atom stereocenters. The summed E-state index contributed by atoms with van der Waals surface area (Å²) in [4.78, 5) is 29.4. The van der Waals surface area contributed by atoms with Crippen molar-refractivity contribution in [2.45, 2.75) is 82.8 Å². The van der Waals surface area contributed by atoms with Crippen molar-refractivity contribution < 1.29 is 18.0 Å². The lowest BCUT2D eigenvalue weighted by Gasteiger charge is -2.34. The number of sulfonamides is 1. The molecular weight excluding hydrogens is 605 g/mol. The normalized spacial score (nSPS) is 14.6. The van der Waals surface area contributed by atoms with Gasteiger partial charge in [-0.05, 0) is 98.3 Å². The predicted octanol–water partition coefficient (Wildman–Crippen LogP) is 7.06. The monoisotopic (exact) mass is 643 g/mol. The summed E-state index contributed by atoms with van der Waals surface area (Å²) in [6, 6.07) is 17.5. The molecule has 3 aromatic rings. The number of hydrogen-bond acceptors (Lipinski definition) is 4. The SMILES string of the molecule is CC[C@@H](C(=O)NC1CCCCC1)N(Cc1ccc(Cl)cc1)C(=O)CN(c1ccc(C)c(C)c1)S(=O)(=O)c1ccc(Cl)cc1. The summed E-state index contributed by atoms with van der Waals surface area (Å²) in [5.41, 5.74) is 3.02. The van der Waals surface area contributed by atoms with Gasteiger partial charge in [0.2, 0.25) is 11.8 Å². The molecule has 43 heavy (non-hydrogen) atoms. The molecule has 0 bridgehead atoms. The van der Waals surface area contributed by atoms with Crippen LogP contribution in [0.2, 0.25) is 10.0 Å². The van der Waals surface area contributed by atoms with Crippen LogP contribution in [0.4, 0.5) is 5.69 Å². The molecule has 0 radical (unpaired) electrons. The van der Waals surface area contributed by atoms with Crippen LogP contribution in [0.3, 0.4) is 0 Å². The highest BCUT2D eigenvalue weighted by Crippen LogP contribution is 2.28. The van der Waals surface area contributed by atoms with Gasteiger partial charge in [-0.15, -0.1) is 0 Å². The standard InChI is InChI=1S/C33H39Cl2N3O4S/c1-4-31(33(40)36-28-8-6-5-7-9-28)37(21-25-11-13-26(34)14-12-25)32(39)22-38(29-17-10-23(2)24(3)20-29)43(41,42)30-18-15-27(35)16-19-30/h10-20,28,31H,4-9,21-22H2,1-3H3,(H,36,40)/t31-/m0/s1. The Labute approximate surface area is 265 Å². The minimum atomic E-state index is -4.17. The van der Waals surface area contributed by atoms with Crippen molar-refractivity contribution >= 4 is 50.7 Å². The molecule has 230 valence electrons. The van der Waals surface area contributed by atoms with Crippen molar-refractivity contribution in [1.82, 2.24) is 10.2 Å². The second kappa shape index (κ2) is 14.6. The fourth-order valence-electron chi connectivity index (χ4n) is 5.39. The van der Waals surface area contributed by atoms with Crippen molar-refractivity contribution in [3.05, 3.63) is 93.5 Å². The number of halogens is 2. The lowest BCUT2D eigenvalue weighted by molar-refractivity contribution is -0.140. The van der Waals surface area contributed by atoms with Crippen LogP contribution >= 0.6 is 23.2 Å². The van der Waals surface area contributed by atoms with Crippen LogP contribution in [0.1, 0.15) is 62.1 Å². The van der Waals surface area contributed by atoms with Crippen LogP contribution in [-0.4, -0.2) is 43.8 Å². The fourth-order valence-corrected chi connectivity index (χ4v) is 7.05. The van der Waals surface area contributed by atoms with Crippen LogP contribution in [-0.2, 0) is 26.2 Å². The predicted molar refractivity (Wildman–Crippen MR) is 173 cm³/mol. The van der Waals surface area contributed by atoms with E-state index in [9.17, 15) is 18.0 Å². The number of carbonyl (C=O) groups excluding carboxylic acids is 2. The summed E-state index contributed by atoms with van der Waals surface area (Å²) >= 11 is 12.2. The summed E-state index contributed by atoms with van der Waals surface area (Å²) in [5, 5.41) is 4.12. The van der Waals surface area contributed by atoms with E-state index in [0.717, 1.165) is 53.1 Å². The second-order valence-corrected chi connectivity index (χ2v) is 13.9. The Morgan fingerprint density at radius 1 is 0.884 bits per heavy atom. The first kappa shape index (κ1) is 32.8. The molecule has 0 spiro atoms. The first-order valence-electron chi connectivity index (χ1n) is 14.7. The first-order valence-corrected chi connectivity index (χ1v) is 16.9. The van der Waals surface area contributed by atoms with Crippen LogP contribution in [0.15, 0.2) is 71.6 Å². The lowest BCUT2D eigenvalue weighted by atomic mass is 9.95. The number of nitrogens with zero attached hydrogens (tertiary/aromatic N) is 2. The number of anilines is 1. The Bertz CT molecular complexity index is 1520. The Kier molecular flexibility index (Phi) is 11.2. The van der Waals surface area contributed by atoms with E-state index < -0.39 is 28.5 Å². The summed E-state index contributed by atoms with van der Waals surface area (Å²) < 4.78 is 29.2. The van der Waals surface area contributed by atoms with E-state index in [0.29, 0.717) is 22.2 Å². The average molecular weight is 645 g/mol. The van der Waals surface area contributed by atoms with Gasteiger partial charge in [0.25, 0.3) is 10.0 Å². The van der Waals surface area contributed by atoms with Gasteiger partial charge >= 0.3 is 0 Å². The zero-order chi connectivity index (χ0) is 31.1. The first-order chi connectivity index (χ1) is 20.5. The molecule has 1 fully saturated rings. The Hall–Kier alpha value is -3.07. The quantitative estimate of drug-likeness (QED) is 0.242. The number of nitrogens with one attached hydrogen (secondary N) is 1. The zero-order valence-electron chi connectivity index (χ0n) is 24.9. The third kappa shape index (κ3) is 8.31. The summed E-state index contributed by atoms with van der Waals surface area (Å²) in [7, 11) is -4.17. The van der Waals surface area contributed by atoms with Gasteiger partial charge < -0.3 is 10.2 Å². The molecule has 1 aliphatic carbocycles. The van der Waals surface area contributed by atoms with Gasteiger partial charge in [-0.1, -0.05) is 67.6 Å². The molecule has 0 aliphatic heterocycles. The maximum absolute atomic E-state index is 14.3. The Morgan fingerprint density at radius 2 is 1.49 bits per heavy atom. The molecule has 0 heterocycles. The Morgan fingerprint density at radius 3 is 2.07 bits per heavy atom. The van der Waals surface area contributed by atoms with Gasteiger partial charge in [-0.25, -0.2) is 8.42 Å². The van der Waals surface area contributed by atoms with Crippen LogP contribution in [0.5, 0.6) is 0 Å². The van der Waals surface area contributed by atoms with Gasteiger partial charge in [-0.3, -0.25) is 13.9 Å². The van der Waals surface area contributed by atoms with Crippen molar-refractivity contribution in [3.8, 4) is 0 Å². The number of aryl methyl sites for hydroxylation is 2. The van der Waals surface area contributed by atoms with Gasteiger partial charge in [0.1, 0.15) is 12.6 Å². The van der Waals surface area contributed by atoms with E-state index in [2.05, 4.69) is 5.32 Å². The molecule has 4 rings (SSSR count). The zero-order valence-corrected chi connectivity index (χ0v) is 27.2. The maximum Gasteiger partial charge on any atom is 0.264 e. The molecule has 7 nitrogen and oxygen atoms in total. The lowest BCUT2D eigenvalue weighted by Crippen LogP contribution is -2.54. The van der Waals surface area contributed by atoms with Gasteiger partial charge in [-0.2, -0.15) is 0 Å². The molecule has 1 N–H and O–H groups in total. The molecule has 1 atom stereocenters. The van der Waals surface area contributed by atoms with Gasteiger partial charge in [0.15, 0.2) is 0 Å². The number of amides is 2. The second-order valence-electron chi connectivity index (χ2n) is 11.1. The van der Waals surface area contributed by atoms with Crippen LogP contribution < -0.4 is 9.62 Å². The highest BCUT2D eigenvalue weighted by atomic mass is 35.5. The van der Waals surface area contributed by atoms with Crippen LogP contribution in [0, 0.1) is 13.8 Å². The minimum absolute atomic E-state index is 0.00858. The molecule has 0 aromatic heterocycles. The summed E-state index contributed by atoms with van der Waals surface area (Å²) in [6.45, 7) is 5.32. The Balaban J connectivity index is 1.72. The van der Waals surface area contributed by atoms with Crippen molar-refractivity contribution in [3.63, 3.8) is 0 Å². The van der Waals surface area contributed by atoms with Crippen LogP contribution in [0.25, 0.3) is 0 Å². The number of hydrogen-bond donors (Lipinski definition) is 1. The molecule has 2 amide bonds. The number of benzene rings is 3. The largest absolute Gasteiger partial charge is 0.352 e. The third-order valence-corrected chi connectivity index (χ3v) is 10.4. The summed E-state index contributed by atoms with van der Waals surface area (Å²) in [6.07, 6.45) is 5.46. The highest BCUT2D eigenvalue weighted by Gasteiger charge is 2.34. The molecule has 1 saturated carbocycles. The number of rotatable bonds is 11. The third-order valence-electron chi connectivity index (χ3n) is 8.06. The van der Waals surface area contributed by atoms with E-state index in [1.165, 1.54) is 29.2 Å². The van der Waals surface area contributed by atoms with E-state index in [1.807, 2.05) is 26.8 Å². The molecule has 0 saturated heterocycles. The van der Waals surface area contributed by atoms with Crippen molar-refractivity contribution in [2.75, 3.05) is 10.8 Å². The smallest absolute Gasteiger partial charge is 0.264 e.